The van der Waals surface area contributed by atoms with E-state index in [9.17, 15) is 0 Å². The van der Waals surface area contributed by atoms with Gasteiger partial charge in [0.05, 0.1) is 12.4 Å². The van der Waals surface area contributed by atoms with Gasteiger partial charge < -0.3 is 0 Å². The second kappa shape index (κ2) is 3.12. The molecule has 0 aliphatic rings. The van der Waals surface area contributed by atoms with Gasteiger partial charge in [-0.3, -0.25) is 0 Å². The minimum absolute atomic E-state index is 0.721. The Labute approximate surface area is 100 Å². The Hall–Kier alpha value is -1.79. The molecule has 0 N–H and O–H groups in total. The molecule has 1 unspecified atom stereocenters. The van der Waals surface area contributed by atoms with Gasteiger partial charge in [0, 0.05) is 13.5 Å². The van der Waals surface area contributed by atoms with Crippen LogP contribution in [0.2, 0.25) is 0 Å². The molecule has 2 aromatic heterocycles. The predicted molar refractivity (Wildman–Crippen MR) is 73.1 cm³/mol. The van der Waals surface area contributed by atoms with Gasteiger partial charge in [-0.15, -0.1) is 0 Å². The van der Waals surface area contributed by atoms with Gasteiger partial charge in [0.2, 0.25) is 0 Å². The average Bonchev–Trinajstić information content (AvgIpc) is 2.88. The highest BCUT2D eigenvalue weighted by atomic mass is 31.0. The smallest absolute Gasteiger partial charge is 0.225 e. The Kier molecular flexibility index (Phi) is 1.70. The maximum atomic E-state index is 2.43. The lowest BCUT2D eigenvalue weighted by Gasteiger charge is -1.88. The lowest BCUT2D eigenvalue weighted by atomic mass is 10.3. The van der Waals surface area contributed by atoms with Crippen molar-refractivity contribution in [3.8, 4) is 0 Å². The van der Waals surface area contributed by atoms with Crippen molar-refractivity contribution in [2.45, 2.75) is 0 Å². The molecule has 0 saturated carbocycles. The summed E-state index contributed by atoms with van der Waals surface area (Å²) in [5.41, 5.74) is 3.98. The summed E-state index contributed by atoms with van der Waals surface area (Å²) < 4.78 is 4.73. The van der Waals surface area contributed by atoms with Crippen LogP contribution in [0.4, 0.5) is 0 Å². The first-order valence-corrected chi connectivity index (χ1v) is 6.67. The molecule has 2 heterocycles. The lowest BCUT2D eigenvalue weighted by Crippen LogP contribution is -2.26. The number of fused-ring (bicyclic) bond motifs is 5. The maximum Gasteiger partial charge on any atom is 0.297 e. The molecule has 3 heteroatoms. The molecule has 0 aliphatic carbocycles. The molecule has 17 heavy (non-hydrogen) atoms. The highest BCUT2D eigenvalue weighted by Gasteiger charge is 2.19. The predicted octanol–water partition coefficient (Wildman–Crippen LogP) is 3.10. The molecule has 0 saturated heterocycles. The molecule has 0 fully saturated rings. The van der Waals surface area contributed by atoms with E-state index in [1.165, 1.54) is 27.2 Å². The monoisotopic (exact) mass is 239 g/mol. The second-order valence-electron chi connectivity index (χ2n) is 4.36. The molecule has 1 atom stereocenters. The molecule has 4 rings (SSSR count). The zero-order valence-electron chi connectivity index (χ0n) is 9.51. The van der Waals surface area contributed by atoms with Gasteiger partial charge >= 0.3 is 0 Å². The Balaban J connectivity index is 2.40. The molecule has 82 valence electrons. The number of para-hydroxylation sites is 2. The first-order chi connectivity index (χ1) is 8.36. The van der Waals surface area contributed by atoms with Crippen molar-refractivity contribution in [2.75, 3.05) is 0 Å². The number of benzene rings is 2. The van der Waals surface area contributed by atoms with Gasteiger partial charge in [-0.1, -0.05) is 24.3 Å². The summed E-state index contributed by atoms with van der Waals surface area (Å²) in [7, 11) is 2.87. The maximum absolute atomic E-state index is 2.43. The van der Waals surface area contributed by atoms with Crippen LogP contribution in [-0.2, 0) is 7.05 Å². The van der Waals surface area contributed by atoms with E-state index in [4.69, 9.17) is 0 Å². The quantitative estimate of drug-likeness (QED) is 0.417. The van der Waals surface area contributed by atoms with E-state index in [0.717, 1.165) is 8.35 Å². The third-order valence-electron chi connectivity index (χ3n) is 3.41. The Morgan fingerprint density at radius 1 is 1.00 bits per heavy atom. The molecule has 2 aromatic carbocycles. The number of rotatable bonds is 0. The van der Waals surface area contributed by atoms with Crippen LogP contribution in [0.5, 0.6) is 0 Å². The van der Waals surface area contributed by atoms with Gasteiger partial charge in [-0.05, 0) is 24.3 Å². The average molecular weight is 239 g/mol. The molecule has 0 amide bonds. The van der Waals surface area contributed by atoms with E-state index in [-0.39, 0.29) is 0 Å². The minimum Gasteiger partial charge on any atom is -0.225 e. The Bertz CT molecular complexity index is 848. The molecule has 0 aliphatic heterocycles. The number of aromatic nitrogens is 2. The minimum atomic E-state index is 0.721. The third kappa shape index (κ3) is 1.08. The van der Waals surface area contributed by atoms with E-state index in [1.54, 1.807) is 0 Å². The summed E-state index contributed by atoms with van der Waals surface area (Å²) in [5.74, 6) is 0. The van der Waals surface area contributed by atoms with Gasteiger partial charge in [-0.2, -0.15) is 4.16 Å². The Morgan fingerprint density at radius 2 is 1.76 bits per heavy atom. The zero-order chi connectivity index (χ0) is 11.4. The van der Waals surface area contributed by atoms with Gasteiger partial charge in [0.25, 0.3) is 5.65 Å². The number of hydrogen-bond acceptors (Lipinski definition) is 0. The fraction of sp³-hybridized carbons (Fsp3) is 0.0714. The van der Waals surface area contributed by atoms with E-state index >= 15 is 0 Å². The van der Waals surface area contributed by atoms with E-state index < -0.39 is 0 Å². The van der Waals surface area contributed by atoms with Gasteiger partial charge in [0.15, 0.2) is 11.0 Å². The summed E-state index contributed by atoms with van der Waals surface area (Å²) in [5, 5.41) is 2.83. The second-order valence-corrected chi connectivity index (χ2v) is 5.57. The number of aryl methyl sites for hydroxylation is 1. The van der Waals surface area contributed by atoms with Crippen LogP contribution in [0.3, 0.4) is 0 Å². The molecular formula is C14H12N2P+. The third-order valence-corrected chi connectivity index (χ3v) is 4.77. The van der Waals surface area contributed by atoms with Crippen LogP contribution in [0.25, 0.3) is 27.2 Å². The van der Waals surface area contributed by atoms with Crippen LogP contribution in [0.15, 0.2) is 48.5 Å². The van der Waals surface area contributed by atoms with Gasteiger partial charge in [-0.25, -0.2) is 4.57 Å². The molecule has 0 radical (unpaired) electrons. The first kappa shape index (κ1) is 9.26. The number of hydrogen-bond donors (Lipinski definition) is 0. The van der Waals surface area contributed by atoms with E-state index in [1.807, 2.05) is 0 Å². The first-order valence-electron chi connectivity index (χ1n) is 5.72. The number of nitrogens with zero attached hydrogens (tertiary/aromatic N) is 2. The van der Waals surface area contributed by atoms with E-state index in [0.29, 0.717) is 0 Å². The van der Waals surface area contributed by atoms with Crippen molar-refractivity contribution in [1.82, 2.24) is 4.16 Å². The summed E-state index contributed by atoms with van der Waals surface area (Å²) in [6.45, 7) is 0. The summed E-state index contributed by atoms with van der Waals surface area (Å²) in [6.07, 6.45) is 0. The van der Waals surface area contributed by atoms with Crippen molar-refractivity contribution >= 4 is 35.5 Å². The summed E-state index contributed by atoms with van der Waals surface area (Å²) in [6, 6.07) is 17.3. The Morgan fingerprint density at radius 3 is 2.71 bits per heavy atom. The lowest BCUT2D eigenvalue weighted by molar-refractivity contribution is -0.617. The molecular weight excluding hydrogens is 227 g/mol. The molecule has 2 nitrogen and oxygen atoms in total. The van der Waals surface area contributed by atoms with Crippen LogP contribution < -0.4 is 4.57 Å². The van der Waals surface area contributed by atoms with E-state index in [2.05, 4.69) is 64.3 Å². The highest BCUT2D eigenvalue weighted by molar-refractivity contribution is 7.34. The van der Waals surface area contributed by atoms with Crippen molar-refractivity contribution in [3.05, 3.63) is 48.5 Å². The standard InChI is InChI=1S/C14H12N2P/c1-15-11-7-3-4-8-12(11)16-14(15)10-6-2-5-9-13(10)17-16/h2-9,17H,1H3/q+1. The zero-order valence-corrected chi connectivity index (χ0v) is 10.5. The van der Waals surface area contributed by atoms with Crippen LogP contribution in [-0.4, -0.2) is 4.16 Å². The highest BCUT2D eigenvalue weighted by Crippen LogP contribution is 2.31. The van der Waals surface area contributed by atoms with Crippen molar-refractivity contribution in [2.24, 2.45) is 7.05 Å². The molecule has 0 bridgehead atoms. The SMILES string of the molecule is C[n+]1c2ccccc2n2[pH]c3ccccc3c21. The molecule has 0 spiro atoms. The normalized spacial score (nSPS) is 12.3. The van der Waals surface area contributed by atoms with Gasteiger partial charge in [0.1, 0.15) is 0 Å². The number of imidazole rings is 1. The fourth-order valence-electron chi connectivity index (χ4n) is 2.63. The van der Waals surface area contributed by atoms with Crippen molar-refractivity contribution in [3.63, 3.8) is 0 Å². The van der Waals surface area contributed by atoms with Crippen LogP contribution >= 0.6 is 8.35 Å². The van der Waals surface area contributed by atoms with Crippen LogP contribution in [0, 0.1) is 0 Å². The largest absolute Gasteiger partial charge is 0.297 e. The van der Waals surface area contributed by atoms with Crippen molar-refractivity contribution in [1.29, 1.82) is 0 Å². The van der Waals surface area contributed by atoms with Crippen molar-refractivity contribution < 1.29 is 4.57 Å². The fourth-order valence-corrected chi connectivity index (χ4v) is 4.04. The van der Waals surface area contributed by atoms with Crippen LogP contribution in [0.1, 0.15) is 0 Å². The summed E-state index contributed by atoms with van der Waals surface area (Å²) in [4.78, 5) is 0. The topological polar surface area (TPSA) is 8.29 Å². The molecule has 4 aromatic rings. The summed E-state index contributed by atoms with van der Waals surface area (Å²) >= 11 is 0.